The highest BCUT2D eigenvalue weighted by Gasteiger charge is 2.46. The molecule has 0 radical (unpaired) electrons. The summed E-state index contributed by atoms with van der Waals surface area (Å²) >= 11 is 1.89. The van der Waals surface area contributed by atoms with Crippen LogP contribution in [-0.4, -0.2) is 0 Å². The first-order valence-corrected chi connectivity index (χ1v) is 24.1. The van der Waals surface area contributed by atoms with E-state index in [2.05, 4.69) is 261 Å². The van der Waals surface area contributed by atoms with Gasteiger partial charge in [0.25, 0.3) is 0 Å². The zero-order chi connectivity index (χ0) is 44.3. The molecule has 0 amide bonds. The minimum Gasteiger partial charge on any atom is -0.135 e. The normalized spacial score (nSPS) is 13.1. The first kappa shape index (κ1) is 39.3. The van der Waals surface area contributed by atoms with Crippen molar-refractivity contribution in [3.63, 3.8) is 0 Å². The Morgan fingerprint density at radius 2 is 0.866 bits per heavy atom. The van der Waals surface area contributed by atoms with Crippen LogP contribution in [0.3, 0.4) is 0 Å². The van der Waals surface area contributed by atoms with Crippen LogP contribution >= 0.6 is 11.3 Å². The van der Waals surface area contributed by atoms with E-state index in [9.17, 15) is 0 Å². The van der Waals surface area contributed by atoms with E-state index in [1.807, 2.05) is 11.3 Å². The van der Waals surface area contributed by atoms with Crippen LogP contribution < -0.4 is 0 Å². The molecule has 67 heavy (non-hydrogen) atoms. The van der Waals surface area contributed by atoms with E-state index < -0.39 is 5.41 Å². The Morgan fingerprint density at radius 1 is 0.299 bits per heavy atom. The summed E-state index contributed by atoms with van der Waals surface area (Å²) in [6, 6.07) is 97.3. The summed E-state index contributed by atoms with van der Waals surface area (Å²) in [5.74, 6) is -0.0423. The summed E-state index contributed by atoms with van der Waals surface area (Å²) in [6.07, 6.45) is 0. The quantitative estimate of drug-likeness (QED) is 0.134. The molecule has 12 aromatic rings. The van der Waals surface area contributed by atoms with Gasteiger partial charge in [-0.3, -0.25) is 0 Å². The molecule has 13 rings (SSSR count). The van der Waals surface area contributed by atoms with Crippen molar-refractivity contribution in [1.82, 2.24) is 0 Å². The zero-order valence-electron chi connectivity index (χ0n) is 36.8. The lowest BCUT2D eigenvalue weighted by atomic mass is 9.67. The molecule has 0 aliphatic heterocycles. The van der Waals surface area contributed by atoms with Crippen LogP contribution in [0.15, 0.2) is 261 Å². The van der Waals surface area contributed by atoms with Crippen LogP contribution in [0.25, 0.3) is 75.5 Å². The molecule has 0 fully saturated rings. The van der Waals surface area contributed by atoms with Gasteiger partial charge in [0.05, 0.1) is 5.41 Å². The number of hydrogen-bond acceptors (Lipinski definition) is 1. The molecule has 314 valence electrons. The fourth-order valence-corrected chi connectivity index (χ4v) is 12.4. The predicted molar refractivity (Wildman–Crippen MR) is 284 cm³/mol. The lowest BCUT2D eigenvalue weighted by molar-refractivity contribution is 0.765. The van der Waals surface area contributed by atoms with Gasteiger partial charge in [-0.15, -0.1) is 11.3 Å². The fourth-order valence-electron chi connectivity index (χ4n) is 11.2. The molecule has 1 unspecified atom stereocenters. The lowest BCUT2D eigenvalue weighted by Crippen LogP contribution is -2.28. The summed E-state index contributed by atoms with van der Waals surface area (Å²) in [6.45, 7) is 0. The minimum absolute atomic E-state index is 0.0423. The van der Waals surface area contributed by atoms with Gasteiger partial charge in [-0.05, 0) is 112 Å². The van der Waals surface area contributed by atoms with Crippen molar-refractivity contribution in [2.75, 3.05) is 0 Å². The summed E-state index contributed by atoms with van der Waals surface area (Å²) in [7, 11) is 0. The molecular formula is C66H44S. The van der Waals surface area contributed by atoms with E-state index in [1.54, 1.807) is 0 Å². The van der Waals surface area contributed by atoms with E-state index in [0.29, 0.717) is 0 Å². The second kappa shape index (κ2) is 16.1. The summed E-state index contributed by atoms with van der Waals surface area (Å²) < 4.78 is 2.66. The Bertz CT molecular complexity index is 3760. The van der Waals surface area contributed by atoms with E-state index >= 15 is 0 Å². The second-order valence-corrected chi connectivity index (χ2v) is 19.0. The Hall–Kier alpha value is -8.10. The Kier molecular flexibility index (Phi) is 9.44. The molecule has 0 bridgehead atoms. The average Bonchev–Trinajstić information content (AvgIpc) is 3.93. The standard InChI is InChI=1S/C66H44S/c1-3-22-54(23-4-1)66(55-24-5-2-6-25-55)61-30-11-9-26-57(61)58-39-38-53(43-62(58)66)64(46-35-32-45(33-36-46)50-37-34-44-16-7-8-17-47(44)40-50)52-21-14-19-49(42-52)48-18-13-20-51(41-48)56-28-15-29-60-59-27-10-12-31-63(59)67-65(56)60/h1-43,64H. The highest BCUT2D eigenvalue weighted by Crippen LogP contribution is 2.57. The van der Waals surface area contributed by atoms with E-state index in [0.717, 1.165) is 0 Å². The van der Waals surface area contributed by atoms with Gasteiger partial charge in [-0.2, -0.15) is 0 Å². The molecule has 1 aliphatic carbocycles. The Balaban J connectivity index is 0.980. The van der Waals surface area contributed by atoms with Crippen LogP contribution in [-0.2, 0) is 5.41 Å². The van der Waals surface area contributed by atoms with Gasteiger partial charge in [-0.25, -0.2) is 0 Å². The van der Waals surface area contributed by atoms with Crippen molar-refractivity contribution >= 4 is 42.3 Å². The lowest BCUT2D eigenvalue weighted by Gasteiger charge is -2.34. The number of fused-ring (bicyclic) bond motifs is 7. The number of rotatable bonds is 8. The topological polar surface area (TPSA) is 0 Å². The number of benzene rings is 11. The summed E-state index contributed by atoms with van der Waals surface area (Å²) in [5.41, 5.74) is 18.4. The molecule has 0 nitrogen and oxygen atoms in total. The van der Waals surface area contributed by atoms with Crippen molar-refractivity contribution in [3.8, 4) is 44.5 Å². The van der Waals surface area contributed by atoms with Crippen LogP contribution in [0, 0.1) is 0 Å². The van der Waals surface area contributed by atoms with Crippen molar-refractivity contribution in [1.29, 1.82) is 0 Å². The second-order valence-electron chi connectivity index (χ2n) is 17.9. The monoisotopic (exact) mass is 868 g/mol. The zero-order valence-corrected chi connectivity index (χ0v) is 37.6. The molecule has 11 aromatic carbocycles. The molecule has 1 aliphatic rings. The highest BCUT2D eigenvalue weighted by atomic mass is 32.1. The van der Waals surface area contributed by atoms with Crippen LogP contribution in [0.5, 0.6) is 0 Å². The maximum atomic E-state index is 2.54. The van der Waals surface area contributed by atoms with E-state index in [-0.39, 0.29) is 5.92 Å². The predicted octanol–water partition coefficient (Wildman–Crippen LogP) is 17.8. The van der Waals surface area contributed by atoms with Gasteiger partial charge in [0.1, 0.15) is 0 Å². The highest BCUT2D eigenvalue weighted by molar-refractivity contribution is 7.26. The van der Waals surface area contributed by atoms with Crippen molar-refractivity contribution in [2.45, 2.75) is 11.3 Å². The largest absolute Gasteiger partial charge is 0.135 e. The SMILES string of the molecule is c1ccc(C2(c3ccccc3)c3ccccc3-c3ccc(C(c4ccc(-c5ccc6ccccc6c5)cc4)c4cccc(-c5cccc(-c6cccc7c6sc6ccccc67)c5)c4)cc32)cc1. The molecule has 0 N–H and O–H groups in total. The third-order valence-corrected chi connectivity index (χ3v) is 15.5. The maximum Gasteiger partial charge on any atom is 0.0713 e. The van der Waals surface area contributed by atoms with Crippen LogP contribution in [0.1, 0.15) is 44.9 Å². The molecule has 1 atom stereocenters. The van der Waals surface area contributed by atoms with Crippen molar-refractivity contribution in [3.05, 3.63) is 300 Å². The van der Waals surface area contributed by atoms with Crippen LogP contribution in [0.2, 0.25) is 0 Å². The summed E-state index contributed by atoms with van der Waals surface area (Å²) in [5, 5.41) is 5.15. The van der Waals surface area contributed by atoms with Gasteiger partial charge < -0.3 is 0 Å². The molecule has 1 aromatic heterocycles. The van der Waals surface area contributed by atoms with Gasteiger partial charge in [0, 0.05) is 26.1 Å². The molecule has 0 spiro atoms. The molecule has 0 saturated heterocycles. The van der Waals surface area contributed by atoms with Gasteiger partial charge >= 0.3 is 0 Å². The Labute approximate surface area is 395 Å². The maximum absolute atomic E-state index is 2.54. The third kappa shape index (κ3) is 6.50. The molecular weight excluding hydrogens is 825 g/mol. The van der Waals surface area contributed by atoms with Crippen molar-refractivity contribution < 1.29 is 0 Å². The van der Waals surface area contributed by atoms with Gasteiger partial charge in [0.2, 0.25) is 0 Å². The smallest absolute Gasteiger partial charge is 0.0713 e. The van der Waals surface area contributed by atoms with E-state index in [4.69, 9.17) is 0 Å². The van der Waals surface area contributed by atoms with Crippen LogP contribution in [0.4, 0.5) is 0 Å². The summed E-state index contributed by atoms with van der Waals surface area (Å²) in [4.78, 5) is 0. The number of thiophene rings is 1. The first-order chi connectivity index (χ1) is 33.2. The van der Waals surface area contributed by atoms with E-state index in [1.165, 1.54) is 114 Å². The minimum atomic E-state index is -0.492. The Morgan fingerprint density at radius 3 is 1.69 bits per heavy atom. The van der Waals surface area contributed by atoms with Crippen molar-refractivity contribution in [2.24, 2.45) is 0 Å². The molecule has 1 heteroatoms. The molecule has 1 heterocycles. The fraction of sp³-hybridized carbons (Fsp3) is 0.0303. The third-order valence-electron chi connectivity index (χ3n) is 14.3. The molecule has 0 saturated carbocycles. The van der Waals surface area contributed by atoms with Gasteiger partial charge in [-0.1, -0.05) is 243 Å². The van der Waals surface area contributed by atoms with Gasteiger partial charge in [0.15, 0.2) is 0 Å². The first-order valence-electron chi connectivity index (χ1n) is 23.3. The average molecular weight is 869 g/mol. The number of hydrogen-bond donors (Lipinski definition) is 0.